The zero-order valence-corrected chi connectivity index (χ0v) is 13.2. The van der Waals surface area contributed by atoms with E-state index in [-0.39, 0.29) is 11.9 Å². The molecular formula is C18H21NO3. The van der Waals surface area contributed by atoms with Crippen molar-refractivity contribution >= 4 is 12.0 Å². The van der Waals surface area contributed by atoms with Crippen LogP contribution < -0.4 is 4.74 Å². The van der Waals surface area contributed by atoms with Gasteiger partial charge >= 0.3 is 0 Å². The zero-order valence-electron chi connectivity index (χ0n) is 13.2. The third-order valence-corrected chi connectivity index (χ3v) is 3.51. The number of hydrogen-bond donors (Lipinski definition) is 0. The summed E-state index contributed by atoms with van der Waals surface area (Å²) in [6.45, 7) is 4.46. The van der Waals surface area contributed by atoms with Gasteiger partial charge in [-0.05, 0) is 38.1 Å². The molecule has 1 atom stereocenters. The van der Waals surface area contributed by atoms with Crippen molar-refractivity contribution in [1.82, 2.24) is 4.90 Å². The van der Waals surface area contributed by atoms with E-state index in [1.165, 1.54) is 0 Å². The van der Waals surface area contributed by atoms with E-state index in [0.29, 0.717) is 6.61 Å². The monoisotopic (exact) mass is 299 g/mol. The first kappa shape index (κ1) is 15.9. The van der Waals surface area contributed by atoms with E-state index < -0.39 is 0 Å². The fourth-order valence-electron chi connectivity index (χ4n) is 2.09. The third-order valence-electron chi connectivity index (χ3n) is 3.51. The molecule has 0 bridgehead atoms. The fraction of sp³-hybridized carbons (Fsp3) is 0.278. The first-order valence-corrected chi connectivity index (χ1v) is 7.33. The molecule has 4 heteroatoms. The summed E-state index contributed by atoms with van der Waals surface area (Å²) in [5, 5.41) is 0. The van der Waals surface area contributed by atoms with E-state index >= 15 is 0 Å². The largest absolute Gasteiger partial charge is 0.493 e. The summed E-state index contributed by atoms with van der Waals surface area (Å²) in [6.07, 6.45) is 4.94. The van der Waals surface area contributed by atoms with Crippen LogP contribution in [-0.2, 0) is 4.79 Å². The number of para-hydroxylation sites is 1. The van der Waals surface area contributed by atoms with E-state index in [4.69, 9.17) is 9.15 Å². The maximum atomic E-state index is 12.3. The fourth-order valence-corrected chi connectivity index (χ4v) is 2.09. The average molecular weight is 299 g/mol. The summed E-state index contributed by atoms with van der Waals surface area (Å²) >= 11 is 0. The number of amides is 1. The highest BCUT2D eigenvalue weighted by molar-refractivity contribution is 5.92. The molecule has 0 fully saturated rings. The van der Waals surface area contributed by atoms with Gasteiger partial charge in [-0.15, -0.1) is 0 Å². The highest BCUT2D eigenvalue weighted by Gasteiger charge is 2.17. The quantitative estimate of drug-likeness (QED) is 0.759. The zero-order chi connectivity index (χ0) is 15.9. The molecule has 0 spiro atoms. The lowest BCUT2D eigenvalue weighted by Gasteiger charge is -2.21. The van der Waals surface area contributed by atoms with Crippen LogP contribution in [0.25, 0.3) is 6.08 Å². The molecule has 1 amide bonds. The van der Waals surface area contributed by atoms with E-state index in [9.17, 15) is 4.79 Å². The van der Waals surface area contributed by atoms with Crippen LogP contribution in [0.3, 0.4) is 0 Å². The number of rotatable bonds is 6. The molecule has 1 unspecified atom stereocenters. The SMILES string of the molecule is CCOc1ccccc1/C=C/C(=O)N(C)C(C)c1ccco1. The Morgan fingerprint density at radius 2 is 2.09 bits per heavy atom. The number of furan rings is 1. The number of hydrogen-bond acceptors (Lipinski definition) is 3. The molecule has 2 rings (SSSR count). The summed E-state index contributed by atoms with van der Waals surface area (Å²) in [4.78, 5) is 13.9. The lowest BCUT2D eigenvalue weighted by Crippen LogP contribution is -2.27. The molecule has 0 aliphatic carbocycles. The van der Waals surface area contributed by atoms with Gasteiger partial charge in [0.1, 0.15) is 11.5 Å². The number of carbonyl (C=O) groups is 1. The van der Waals surface area contributed by atoms with Crippen molar-refractivity contribution < 1.29 is 13.9 Å². The predicted molar refractivity (Wildman–Crippen MR) is 86.5 cm³/mol. The summed E-state index contributed by atoms with van der Waals surface area (Å²) in [7, 11) is 1.76. The van der Waals surface area contributed by atoms with Crippen molar-refractivity contribution in [3.05, 3.63) is 60.1 Å². The van der Waals surface area contributed by atoms with Crippen LogP contribution >= 0.6 is 0 Å². The summed E-state index contributed by atoms with van der Waals surface area (Å²) in [5.74, 6) is 1.45. The maximum Gasteiger partial charge on any atom is 0.246 e. The molecule has 4 nitrogen and oxygen atoms in total. The van der Waals surface area contributed by atoms with Gasteiger partial charge in [-0.1, -0.05) is 18.2 Å². The molecule has 0 radical (unpaired) electrons. The van der Waals surface area contributed by atoms with Crippen LogP contribution in [0, 0.1) is 0 Å². The first-order chi connectivity index (χ1) is 10.6. The number of nitrogens with zero attached hydrogens (tertiary/aromatic N) is 1. The second-order valence-corrected chi connectivity index (χ2v) is 4.94. The summed E-state index contributed by atoms with van der Waals surface area (Å²) < 4.78 is 10.9. The number of benzene rings is 1. The second-order valence-electron chi connectivity index (χ2n) is 4.94. The Bertz CT molecular complexity index is 632. The van der Waals surface area contributed by atoms with Crippen molar-refractivity contribution in [2.24, 2.45) is 0 Å². The summed E-state index contributed by atoms with van der Waals surface area (Å²) in [6, 6.07) is 11.2. The van der Waals surface area contributed by atoms with Crippen LogP contribution in [0.4, 0.5) is 0 Å². The van der Waals surface area contributed by atoms with E-state index in [1.54, 1.807) is 30.4 Å². The molecule has 0 aliphatic heterocycles. The highest BCUT2D eigenvalue weighted by atomic mass is 16.5. The molecule has 2 aromatic rings. The molecule has 1 aromatic heterocycles. The highest BCUT2D eigenvalue weighted by Crippen LogP contribution is 2.21. The molecular weight excluding hydrogens is 278 g/mol. The lowest BCUT2D eigenvalue weighted by molar-refractivity contribution is -0.126. The molecule has 1 aromatic carbocycles. The Morgan fingerprint density at radius 1 is 1.32 bits per heavy atom. The van der Waals surface area contributed by atoms with Crippen LogP contribution in [0.1, 0.15) is 31.2 Å². The number of carbonyl (C=O) groups excluding carboxylic acids is 1. The van der Waals surface area contributed by atoms with Crippen molar-refractivity contribution in [3.63, 3.8) is 0 Å². The van der Waals surface area contributed by atoms with Crippen LogP contribution in [0.15, 0.2) is 53.2 Å². The Kier molecular flexibility index (Phi) is 5.42. The Balaban J connectivity index is 2.08. The number of likely N-dealkylation sites (N-methyl/N-ethyl adjacent to an activating group) is 1. The molecule has 0 saturated carbocycles. The Hall–Kier alpha value is -2.49. The van der Waals surface area contributed by atoms with Gasteiger partial charge in [0.15, 0.2) is 0 Å². The maximum absolute atomic E-state index is 12.3. The molecule has 0 aliphatic rings. The van der Waals surface area contributed by atoms with E-state index in [2.05, 4.69) is 0 Å². The van der Waals surface area contributed by atoms with Gasteiger partial charge in [0.2, 0.25) is 5.91 Å². The van der Waals surface area contributed by atoms with E-state index in [1.807, 2.05) is 50.2 Å². The topological polar surface area (TPSA) is 42.7 Å². The number of ether oxygens (including phenoxy) is 1. The van der Waals surface area contributed by atoms with Crippen molar-refractivity contribution in [1.29, 1.82) is 0 Å². The molecule has 1 heterocycles. The van der Waals surface area contributed by atoms with Gasteiger partial charge in [0.25, 0.3) is 0 Å². The minimum atomic E-state index is -0.116. The van der Waals surface area contributed by atoms with Crippen LogP contribution in [0.2, 0.25) is 0 Å². The van der Waals surface area contributed by atoms with Gasteiger partial charge in [0, 0.05) is 18.7 Å². The standard InChI is InChI=1S/C18H21NO3/c1-4-21-17-9-6-5-8-15(17)11-12-18(20)19(3)14(2)16-10-7-13-22-16/h5-14H,4H2,1-3H3/b12-11+. The van der Waals surface area contributed by atoms with Crippen molar-refractivity contribution in [2.45, 2.75) is 19.9 Å². The second kappa shape index (κ2) is 7.50. The van der Waals surface area contributed by atoms with Crippen LogP contribution in [0.5, 0.6) is 5.75 Å². The van der Waals surface area contributed by atoms with Gasteiger partial charge in [-0.3, -0.25) is 4.79 Å². The minimum absolute atomic E-state index is 0.0878. The Morgan fingerprint density at radius 3 is 2.77 bits per heavy atom. The van der Waals surface area contributed by atoms with Gasteiger partial charge in [-0.25, -0.2) is 0 Å². The van der Waals surface area contributed by atoms with Gasteiger partial charge in [0.05, 0.1) is 18.9 Å². The smallest absolute Gasteiger partial charge is 0.246 e. The lowest BCUT2D eigenvalue weighted by atomic mass is 10.1. The molecule has 0 saturated heterocycles. The first-order valence-electron chi connectivity index (χ1n) is 7.33. The average Bonchev–Trinajstić information content (AvgIpc) is 3.07. The van der Waals surface area contributed by atoms with Gasteiger partial charge < -0.3 is 14.1 Å². The normalized spacial score (nSPS) is 12.3. The predicted octanol–water partition coefficient (Wildman–Crippen LogP) is 3.91. The Labute approximate surface area is 131 Å². The van der Waals surface area contributed by atoms with Gasteiger partial charge in [-0.2, -0.15) is 0 Å². The third kappa shape index (κ3) is 3.79. The van der Waals surface area contributed by atoms with Crippen LogP contribution in [-0.4, -0.2) is 24.5 Å². The van der Waals surface area contributed by atoms with E-state index in [0.717, 1.165) is 17.1 Å². The molecule has 116 valence electrons. The van der Waals surface area contributed by atoms with Crippen molar-refractivity contribution in [3.8, 4) is 5.75 Å². The summed E-state index contributed by atoms with van der Waals surface area (Å²) in [5.41, 5.74) is 0.886. The molecule has 22 heavy (non-hydrogen) atoms. The minimum Gasteiger partial charge on any atom is -0.493 e. The molecule has 0 N–H and O–H groups in total. The van der Waals surface area contributed by atoms with Crippen molar-refractivity contribution in [2.75, 3.05) is 13.7 Å².